The first-order valence-corrected chi connectivity index (χ1v) is 9.33. The molecule has 0 aromatic heterocycles. The molecule has 0 fully saturated rings. The van der Waals surface area contributed by atoms with Crippen molar-refractivity contribution in [1.82, 2.24) is 4.90 Å². The van der Waals surface area contributed by atoms with Crippen LogP contribution in [-0.2, 0) is 0 Å². The Morgan fingerprint density at radius 3 is 1.10 bits per heavy atom. The number of hydrogen-bond donors (Lipinski definition) is 0. The molecule has 1 heteroatoms. The molecular weight excluding hydrogens is 254 g/mol. The van der Waals surface area contributed by atoms with Crippen LogP contribution < -0.4 is 0 Å². The van der Waals surface area contributed by atoms with E-state index < -0.39 is 0 Å². The van der Waals surface area contributed by atoms with Crippen LogP contribution in [0.25, 0.3) is 0 Å². The van der Waals surface area contributed by atoms with Gasteiger partial charge in [0, 0.05) is 11.6 Å². The molecule has 0 aromatic carbocycles. The molecule has 0 rings (SSSR count). The Hall–Kier alpha value is -0.0400. The van der Waals surface area contributed by atoms with Gasteiger partial charge >= 0.3 is 0 Å². The van der Waals surface area contributed by atoms with Crippen molar-refractivity contribution in [2.24, 2.45) is 17.8 Å². The Bertz CT molecular complexity index is 221. The fourth-order valence-corrected chi connectivity index (χ4v) is 3.12. The molecule has 0 aromatic rings. The first-order valence-electron chi connectivity index (χ1n) is 9.33. The molecule has 0 amide bonds. The standard InChI is InChI=1S/C20H43N/c1-16(2)10-13-20(14-11-17(3)4,15-12-18(5)6)21(9)19(7)8/h16-19H,10-15H2,1-9H3. The maximum absolute atomic E-state index is 2.69. The molecule has 0 aliphatic carbocycles. The summed E-state index contributed by atoms with van der Waals surface area (Å²) in [5.74, 6) is 2.43. The maximum Gasteiger partial charge on any atom is 0.0209 e. The van der Waals surface area contributed by atoms with Crippen LogP contribution in [0.4, 0.5) is 0 Å². The molecule has 0 spiro atoms. The van der Waals surface area contributed by atoms with Gasteiger partial charge in [0.25, 0.3) is 0 Å². The first-order chi connectivity index (χ1) is 9.60. The minimum Gasteiger partial charge on any atom is -0.298 e. The lowest BCUT2D eigenvalue weighted by Crippen LogP contribution is -2.50. The highest BCUT2D eigenvalue weighted by atomic mass is 15.2. The van der Waals surface area contributed by atoms with Crippen molar-refractivity contribution in [3.8, 4) is 0 Å². The fraction of sp³-hybridized carbons (Fsp3) is 1.00. The van der Waals surface area contributed by atoms with Gasteiger partial charge in [-0.25, -0.2) is 0 Å². The second-order valence-corrected chi connectivity index (χ2v) is 8.73. The van der Waals surface area contributed by atoms with E-state index in [2.05, 4.69) is 67.3 Å². The van der Waals surface area contributed by atoms with Crippen molar-refractivity contribution in [3.63, 3.8) is 0 Å². The predicted octanol–water partition coefficient (Wildman–Crippen LogP) is 6.37. The average molecular weight is 298 g/mol. The first kappa shape index (κ1) is 21.0. The lowest BCUT2D eigenvalue weighted by Gasteiger charge is -2.46. The van der Waals surface area contributed by atoms with Crippen LogP contribution in [0.2, 0.25) is 0 Å². The third-order valence-electron chi connectivity index (χ3n) is 5.08. The second-order valence-electron chi connectivity index (χ2n) is 8.73. The van der Waals surface area contributed by atoms with Crippen molar-refractivity contribution < 1.29 is 0 Å². The molecule has 128 valence electrons. The van der Waals surface area contributed by atoms with Crippen LogP contribution in [0.3, 0.4) is 0 Å². The molecular formula is C20H43N. The molecule has 1 nitrogen and oxygen atoms in total. The fourth-order valence-electron chi connectivity index (χ4n) is 3.12. The van der Waals surface area contributed by atoms with E-state index in [1.54, 1.807) is 0 Å². The van der Waals surface area contributed by atoms with Gasteiger partial charge in [0.05, 0.1) is 0 Å². The van der Waals surface area contributed by atoms with Gasteiger partial charge in [0.1, 0.15) is 0 Å². The summed E-state index contributed by atoms with van der Waals surface area (Å²) in [5, 5.41) is 0. The zero-order chi connectivity index (χ0) is 16.6. The van der Waals surface area contributed by atoms with E-state index >= 15 is 0 Å². The average Bonchev–Trinajstić information content (AvgIpc) is 2.36. The van der Waals surface area contributed by atoms with Crippen LogP contribution in [0.15, 0.2) is 0 Å². The van der Waals surface area contributed by atoms with Crippen LogP contribution in [0.5, 0.6) is 0 Å². The van der Waals surface area contributed by atoms with Crippen molar-refractivity contribution in [3.05, 3.63) is 0 Å². The molecule has 0 saturated heterocycles. The Labute approximate surface area is 135 Å². The smallest absolute Gasteiger partial charge is 0.0209 e. The van der Waals surface area contributed by atoms with Gasteiger partial charge in [-0.3, -0.25) is 4.90 Å². The monoisotopic (exact) mass is 297 g/mol. The highest BCUT2D eigenvalue weighted by Crippen LogP contribution is 2.36. The lowest BCUT2D eigenvalue weighted by molar-refractivity contribution is 0.0444. The summed E-state index contributed by atoms with van der Waals surface area (Å²) in [6.07, 6.45) is 8.14. The summed E-state index contributed by atoms with van der Waals surface area (Å²) in [6, 6.07) is 0.636. The normalized spacial score (nSPS) is 13.4. The lowest BCUT2D eigenvalue weighted by atomic mass is 9.77. The zero-order valence-corrected chi connectivity index (χ0v) is 16.5. The number of nitrogens with zero attached hydrogens (tertiary/aromatic N) is 1. The third kappa shape index (κ3) is 8.24. The minimum absolute atomic E-state index is 0.410. The van der Waals surface area contributed by atoms with E-state index in [-0.39, 0.29) is 0 Å². The quantitative estimate of drug-likeness (QED) is 0.428. The molecule has 0 aliphatic heterocycles. The van der Waals surface area contributed by atoms with Crippen molar-refractivity contribution >= 4 is 0 Å². The molecule has 0 saturated carbocycles. The molecule has 0 heterocycles. The summed E-state index contributed by atoms with van der Waals surface area (Å²) < 4.78 is 0. The Morgan fingerprint density at radius 2 is 0.905 bits per heavy atom. The molecule has 21 heavy (non-hydrogen) atoms. The van der Waals surface area contributed by atoms with Gasteiger partial charge < -0.3 is 0 Å². The van der Waals surface area contributed by atoms with Crippen molar-refractivity contribution in [1.29, 1.82) is 0 Å². The highest BCUT2D eigenvalue weighted by Gasteiger charge is 2.35. The molecule has 0 radical (unpaired) electrons. The number of hydrogen-bond acceptors (Lipinski definition) is 1. The van der Waals surface area contributed by atoms with Gasteiger partial charge in [-0.05, 0) is 77.2 Å². The van der Waals surface area contributed by atoms with E-state index in [1.165, 1.54) is 38.5 Å². The van der Waals surface area contributed by atoms with Gasteiger partial charge in [-0.2, -0.15) is 0 Å². The van der Waals surface area contributed by atoms with E-state index in [0.29, 0.717) is 11.6 Å². The van der Waals surface area contributed by atoms with Crippen LogP contribution in [-0.4, -0.2) is 23.5 Å². The Balaban J connectivity index is 5.14. The van der Waals surface area contributed by atoms with E-state index in [9.17, 15) is 0 Å². The second kappa shape index (κ2) is 9.87. The van der Waals surface area contributed by atoms with Gasteiger partial charge in [-0.1, -0.05) is 41.5 Å². The van der Waals surface area contributed by atoms with Crippen LogP contribution in [0, 0.1) is 17.8 Å². The highest BCUT2D eigenvalue weighted by molar-refractivity contribution is 4.91. The summed E-state index contributed by atoms with van der Waals surface area (Å²) in [6.45, 7) is 18.9. The van der Waals surface area contributed by atoms with Crippen molar-refractivity contribution in [2.75, 3.05) is 7.05 Å². The summed E-state index contributed by atoms with van der Waals surface area (Å²) in [5.41, 5.74) is 0.410. The van der Waals surface area contributed by atoms with E-state index in [4.69, 9.17) is 0 Å². The predicted molar refractivity (Wildman–Crippen MR) is 97.8 cm³/mol. The maximum atomic E-state index is 2.69. The molecule has 0 aliphatic rings. The van der Waals surface area contributed by atoms with E-state index in [0.717, 1.165) is 17.8 Å². The molecule has 0 atom stereocenters. The van der Waals surface area contributed by atoms with Gasteiger partial charge in [-0.15, -0.1) is 0 Å². The summed E-state index contributed by atoms with van der Waals surface area (Å²) >= 11 is 0. The van der Waals surface area contributed by atoms with Crippen LogP contribution in [0.1, 0.15) is 93.9 Å². The zero-order valence-electron chi connectivity index (χ0n) is 16.5. The minimum atomic E-state index is 0.410. The molecule has 0 N–H and O–H groups in total. The summed E-state index contributed by atoms with van der Waals surface area (Å²) in [7, 11) is 2.37. The topological polar surface area (TPSA) is 3.24 Å². The number of rotatable bonds is 11. The third-order valence-corrected chi connectivity index (χ3v) is 5.08. The Kier molecular flexibility index (Phi) is 9.85. The summed E-state index contributed by atoms with van der Waals surface area (Å²) in [4.78, 5) is 2.69. The van der Waals surface area contributed by atoms with Crippen molar-refractivity contribution in [2.45, 2.75) is 105 Å². The van der Waals surface area contributed by atoms with Gasteiger partial charge in [0.2, 0.25) is 0 Å². The van der Waals surface area contributed by atoms with Gasteiger partial charge in [0.15, 0.2) is 0 Å². The SMILES string of the molecule is CC(C)CCC(CCC(C)C)(CCC(C)C)N(C)C(C)C. The van der Waals surface area contributed by atoms with E-state index in [1.807, 2.05) is 0 Å². The van der Waals surface area contributed by atoms with Crippen LogP contribution >= 0.6 is 0 Å². The molecule has 0 unspecified atom stereocenters. The largest absolute Gasteiger partial charge is 0.298 e. The Morgan fingerprint density at radius 1 is 0.619 bits per heavy atom. The molecule has 0 bridgehead atoms.